The first kappa shape index (κ1) is 23.9. The summed E-state index contributed by atoms with van der Waals surface area (Å²) in [6.07, 6.45) is 7.26. The van der Waals surface area contributed by atoms with Crippen molar-refractivity contribution < 1.29 is 19.8 Å². The first-order valence-corrected chi connectivity index (χ1v) is 10.3. The second-order valence-electron chi connectivity index (χ2n) is 7.09. The van der Waals surface area contributed by atoms with E-state index in [4.69, 9.17) is 10.2 Å². The fraction of sp³-hybridized carbons (Fsp3) is 0.125. The lowest BCUT2D eigenvalue weighted by Crippen LogP contribution is -2.39. The zero-order chi connectivity index (χ0) is 24.5. The molecular weight excluding hydrogens is 440 g/mol. The van der Waals surface area contributed by atoms with Crippen LogP contribution in [-0.4, -0.2) is 40.8 Å². The molecule has 0 radical (unpaired) electrons. The quantitative estimate of drug-likeness (QED) is 0.402. The molecule has 174 valence electrons. The van der Waals surface area contributed by atoms with Crippen LogP contribution in [0.25, 0.3) is 16.6 Å². The Morgan fingerprint density at radius 1 is 0.882 bits per heavy atom. The van der Waals surface area contributed by atoms with Crippen LogP contribution in [0.15, 0.2) is 95.1 Å². The molecule has 10 nitrogen and oxygen atoms in total. The van der Waals surface area contributed by atoms with Gasteiger partial charge in [0.1, 0.15) is 0 Å². The number of fused-ring (bicyclic) bond motifs is 1. The highest BCUT2D eigenvalue weighted by atomic mass is 16.4. The topological polar surface area (TPSA) is 136 Å². The summed E-state index contributed by atoms with van der Waals surface area (Å²) in [6, 6.07) is 16.3. The van der Waals surface area contributed by atoms with Gasteiger partial charge in [0.05, 0.1) is 22.9 Å². The number of nitrogens with zero attached hydrogens (tertiary/aromatic N) is 4. The highest BCUT2D eigenvalue weighted by Crippen LogP contribution is 2.10. The fourth-order valence-electron chi connectivity index (χ4n) is 3.31. The Morgan fingerprint density at radius 3 is 2.15 bits per heavy atom. The van der Waals surface area contributed by atoms with Crippen molar-refractivity contribution in [3.05, 3.63) is 106 Å². The summed E-state index contributed by atoms with van der Waals surface area (Å²) in [4.78, 5) is 49.1. The van der Waals surface area contributed by atoms with Crippen LogP contribution < -0.4 is 11.2 Å². The van der Waals surface area contributed by atoms with Gasteiger partial charge in [0, 0.05) is 37.6 Å². The number of aliphatic carboxylic acids is 2. The molecule has 0 bridgehead atoms. The number of hydrogen-bond donors (Lipinski definition) is 2. The third-order valence-electron chi connectivity index (χ3n) is 4.79. The van der Waals surface area contributed by atoms with Crippen molar-refractivity contribution in [2.75, 3.05) is 0 Å². The minimum Gasteiger partial charge on any atom is -0.478 e. The van der Waals surface area contributed by atoms with Crippen molar-refractivity contribution in [3.8, 4) is 5.69 Å². The van der Waals surface area contributed by atoms with Gasteiger partial charge in [0.2, 0.25) is 0 Å². The van der Waals surface area contributed by atoms with Gasteiger partial charge in [-0.1, -0.05) is 30.3 Å². The molecule has 34 heavy (non-hydrogen) atoms. The summed E-state index contributed by atoms with van der Waals surface area (Å²) in [6.45, 7) is 1.27. The average molecular weight is 462 g/mol. The molecule has 2 aromatic heterocycles. The molecule has 0 fully saturated rings. The number of aromatic nitrogens is 4. The number of hydrogen-bond acceptors (Lipinski definition) is 5. The molecule has 0 saturated carbocycles. The van der Waals surface area contributed by atoms with Crippen molar-refractivity contribution in [1.82, 2.24) is 18.7 Å². The van der Waals surface area contributed by atoms with Gasteiger partial charge in [-0.15, -0.1) is 0 Å². The standard InChI is InChI=1S/C20H18N4O2.C4H4O4/c25-19-17-9-4-5-10-18(17)23(13-6-12-22-14-11-21-15-22)20(26)24(19)16-7-2-1-3-8-16;5-3(6)1-2-4(7)8/h1-5,7-11,14-15H,6,12-13H2;1-2H,(H,5,6)(H,7,8). The lowest BCUT2D eigenvalue weighted by molar-refractivity contribution is -0.134. The minimum absolute atomic E-state index is 0.289. The Balaban J connectivity index is 0.000000350. The van der Waals surface area contributed by atoms with E-state index in [0.717, 1.165) is 13.0 Å². The molecule has 0 saturated heterocycles. The molecule has 0 amide bonds. The molecule has 0 unspecified atom stereocenters. The van der Waals surface area contributed by atoms with Crippen LogP contribution in [0, 0.1) is 0 Å². The van der Waals surface area contributed by atoms with E-state index in [2.05, 4.69) is 4.98 Å². The van der Waals surface area contributed by atoms with E-state index in [-0.39, 0.29) is 11.2 Å². The Hall–Kier alpha value is -4.73. The predicted octanol–water partition coefficient (Wildman–Crippen LogP) is 2.15. The first-order valence-electron chi connectivity index (χ1n) is 10.3. The number of imidazole rings is 1. The van der Waals surface area contributed by atoms with E-state index in [9.17, 15) is 19.2 Å². The number of carbonyl (C=O) groups is 2. The maximum absolute atomic E-state index is 13.1. The van der Waals surface area contributed by atoms with E-state index in [1.54, 1.807) is 35.3 Å². The van der Waals surface area contributed by atoms with Crippen molar-refractivity contribution >= 4 is 22.8 Å². The average Bonchev–Trinajstić information content (AvgIpc) is 3.35. The second-order valence-corrected chi connectivity index (χ2v) is 7.09. The third kappa shape index (κ3) is 5.94. The molecular formula is C24H22N4O6. The Morgan fingerprint density at radius 2 is 1.53 bits per heavy atom. The molecule has 4 rings (SSSR count). The largest absolute Gasteiger partial charge is 0.478 e. The zero-order valence-electron chi connectivity index (χ0n) is 18.0. The van der Waals surface area contributed by atoms with Gasteiger partial charge in [-0.05, 0) is 30.7 Å². The van der Waals surface area contributed by atoms with E-state index in [0.29, 0.717) is 35.3 Å². The predicted molar refractivity (Wildman–Crippen MR) is 125 cm³/mol. The maximum atomic E-state index is 13.1. The van der Waals surface area contributed by atoms with Crippen molar-refractivity contribution in [1.29, 1.82) is 0 Å². The van der Waals surface area contributed by atoms with Gasteiger partial charge in [-0.3, -0.25) is 9.36 Å². The summed E-state index contributed by atoms with van der Waals surface area (Å²) < 4.78 is 4.90. The summed E-state index contributed by atoms with van der Waals surface area (Å²) in [5.74, 6) is -2.51. The number of para-hydroxylation sites is 2. The molecule has 0 aliphatic rings. The number of rotatable bonds is 7. The van der Waals surface area contributed by atoms with Gasteiger partial charge in [-0.2, -0.15) is 0 Å². The fourth-order valence-corrected chi connectivity index (χ4v) is 3.31. The molecule has 10 heteroatoms. The molecule has 0 aliphatic heterocycles. The van der Waals surface area contributed by atoms with Gasteiger partial charge in [0.25, 0.3) is 5.56 Å². The Bertz CT molecular complexity index is 1400. The smallest absolute Gasteiger partial charge is 0.336 e. The van der Waals surface area contributed by atoms with E-state index in [1.807, 2.05) is 47.2 Å². The normalized spacial score (nSPS) is 10.7. The number of benzene rings is 2. The van der Waals surface area contributed by atoms with Crippen LogP contribution in [0.2, 0.25) is 0 Å². The zero-order valence-corrected chi connectivity index (χ0v) is 18.0. The number of carboxylic acids is 2. The number of aryl methyl sites for hydroxylation is 2. The summed E-state index contributed by atoms with van der Waals surface area (Å²) in [5.41, 5.74) is 0.644. The monoisotopic (exact) mass is 462 g/mol. The molecule has 2 aromatic carbocycles. The molecule has 4 aromatic rings. The summed E-state index contributed by atoms with van der Waals surface area (Å²) in [5, 5.41) is 16.2. The van der Waals surface area contributed by atoms with E-state index < -0.39 is 11.9 Å². The molecule has 2 N–H and O–H groups in total. The molecule has 0 atom stereocenters. The maximum Gasteiger partial charge on any atom is 0.336 e. The van der Waals surface area contributed by atoms with Gasteiger partial charge in [-0.25, -0.2) is 23.9 Å². The van der Waals surface area contributed by atoms with Crippen LogP contribution >= 0.6 is 0 Å². The van der Waals surface area contributed by atoms with Crippen LogP contribution in [0.3, 0.4) is 0 Å². The van der Waals surface area contributed by atoms with E-state index >= 15 is 0 Å². The summed E-state index contributed by atoms with van der Waals surface area (Å²) >= 11 is 0. The number of carboxylic acid groups (broad SMARTS) is 2. The molecule has 0 spiro atoms. The van der Waals surface area contributed by atoms with Crippen LogP contribution in [-0.2, 0) is 22.7 Å². The SMILES string of the molecule is O=C(O)C=CC(=O)O.O=c1c2ccccc2n(CCCn2ccnc2)c(=O)n1-c1ccccc1. The van der Waals surface area contributed by atoms with Gasteiger partial charge in [0.15, 0.2) is 0 Å². The minimum atomic E-state index is -1.26. The molecule has 2 heterocycles. The van der Waals surface area contributed by atoms with Gasteiger partial charge >= 0.3 is 17.6 Å². The van der Waals surface area contributed by atoms with Crippen molar-refractivity contribution in [2.24, 2.45) is 0 Å². The first-order chi connectivity index (χ1) is 16.4. The van der Waals surface area contributed by atoms with Crippen molar-refractivity contribution in [3.63, 3.8) is 0 Å². The van der Waals surface area contributed by atoms with Crippen LogP contribution in [0.1, 0.15) is 6.42 Å². The highest BCUT2D eigenvalue weighted by molar-refractivity contribution is 5.89. The summed E-state index contributed by atoms with van der Waals surface area (Å²) in [7, 11) is 0. The van der Waals surface area contributed by atoms with E-state index in [1.165, 1.54) is 4.57 Å². The van der Waals surface area contributed by atoms with Crippen molar-refractivity contribution in [2.45, 2.75) is 19.5 Å². The van der Waals surface area contributed by atoms with Gasteiger partial charge < -0.3 is 14.8 Å². The highest BCUT2D eigenvalue weighted by Gasteiger charge is 2.13. The molecule has 0 aliphatic carbocycles. The lowest BCUT2D eigenvalue weighted by atomic mass is 10.2. The Labute approximate surface area is 193 Å². The second kappa shape index (κ2) is 11.2. The third-order valence-corrected chi connectivity index (χ3v) is 4.79. The van der Waals surface area contributed by atoms with Crippen LogP contribution in [0.5, 0.6) is 0 Å². The lowest BCUT2D eigenvalue weighted by Gasteiger charge is -2.14. The Kier molecular flexibility index (Phi) is 7.90. The van der Waals surface area contributed by atoms with Crippen LogP contribution in [0.4, 0.5) is 0 Å².